The lowest BCUT2D eigenvalue weighted by Crippen LogP contribution is -2.36. The Morgan fingerprint density at radius 1 is 0.966 bits per heavy atom. The lowest BCUT2D eigenvalue weighted by Gasteiger charge is -2.14. The van der Waals surface area contributed by atoms with Gasteiger partial charge >= 0.3 is 0 Å². The minimum absolute atomic E-state index is 0.0770. The van der Waals surface area contributed by atoms with E-state index in [0.717, 1.165) is 12.1 Å². The molecule has 1 aliphatic heterocycles. The van der Waals surface area contributed by atoms with E-state index in [1.807, 2.05) is 25.1 Å². The number of likely N-dealkylation sites (tertiary alicyclic amines) is 1. The molecule has 0 saturated carbocycles. The lowest BCUT2D eigenvalue weighted by molar-refractivity contribution is -0.120. The number of nitrogens with one attached hydrogen (secondary N) is 2. The van der Waals surface area contributed by atoms with Crippen molar-refractivity contribution in [2.75, 3.05) is 26.2 Å². The predicted octanol–water partition coefficient (Wildman–Crippen LogP) is 2.73. The van der Waals surface area contributed by atoms with Gasteiger partial charge < -0.3 is 15.4 Å². The highest BCUT2D eigenvalue weighted by Gasteiger charge is 2.13. The first-order chi connectivity index (χ1) is 14.2. The van der Waals surface area contributed by atoms with Gasteiger partial charge in [-0.15, -0.1) is 0 Å². The average molecular weight is 396 g/mol. The van der Waals surface area contributed by atoms with Crippen LogP contribution in [-0.2, 0) is 17.9 Å². The molecule has 0 radical (unpaired) electrons. The van der Waals surface area contributed by atoms with Gasteiger partial charge in [-0.3, -0.25) is 14.5 Å². The standard InChI is InChI=1S/C23H29N3O3/c1-2-29-21-8-4-3-7-20(21)23(28)25-16-22(27)24-15-18-9-11-19(12-10-18)17-26-13-5-6-14-26/h3-4,7-12H,2,5-6,13-17H2,1H3,(H,24,27)(H,25,28). The fourth-order valence-electron chi connectivity index (χ4n) is 3.42. The van der Waals surface area contributed by atoms with Crippen LogP contribution in [0.1, 0.15) is 41.3 Å². The second kappa shape index (κ2) is 10.6. The number of hydrogen-bond donors (Lipinski definition) is 2. The fourth-order valence-corrected chi connectivity index (χ4v) is 3.42. The van der Waals surface area contributed by atoms with E-state index in [2.05, 4.69) is 27.7 Å². The molecule has 0 atom stereocenters. The summed E-state index contributed by atoms with van der Waals surface area (Å²) in [5, 5.41) is 5.49. The quantitative estimate of drug-likeness (QED) is 0.685. The van der Waals surface area contributed by atoms with Crippen molar-refractivity contribution in [3.63, 3.8) is 0 Å². The second-order valence-corrected chi connectivity index (χ2v) is 7.19. The lowest BCUT2D eigenvalue weighted by atomic mass is 10.1. The molecule has 2 aromatic rings. The van der Waals surface area contributed by atoms with Gasteiger partial charge in [-0.05, 0) is 56.1 Å². The highest BCUT2D eigenvalue weighted by Crippen LogP contribution is 2.17. The zero-order valence-corrected chi connectivity index (χ0v) is 16.9. The Labute approximate surface area is 172 Å². The third-order valence-electron chi connectivity index (χ3n) is 4.96. The van der Waals surface area contributed by atoms with Crippen molar-refractivity contribution in [3.05, 3.63) is 65.2 Å². The summed E-state index contributed by atoms with van der Waals surface area (Å²) >= 11 is 0. The molecule has 2 aromatic carbocycles. The molecule has 6 heteroatoms. The van der Waals surface area contributed by atoms with Crippen molar-refractivity contribution < 1.29 is 14.3 Å². The number of amides is 2. The summed E-state index contributed by atoms with van der Waals surface area (Å²) in [7, 11) is 0. The third kappa shape index (κ3) is 6.32. The number of hydrogen-bond acceptors (Lipinski definition) is 4. The van der Waals surface area contributed by atoms with E-state index in [4.69, 9.17) is 4.74 Å². The Bertz CT molecular complexity index is 814. The van der Waals surface area contributed by atoms with Crippen LogP contribution >= 0.6 is 0 Å². The molecule has 1 fully saturated rings. The van der Waals surface area contributed by atoms with Crippen LogP contribution in [-0.4, -0.2) is 43.0 Å². The highest BCUT2D eigenvalue weighted by atomic mass is 16.5. The van der Waals surface area contributed by atoms with Crippen LogP contribution in [0.2, 0.25) is 0 Å². The normalized spacial score (nSPS) is 13.8. The van der Waals surface area contributed by atoms with Crippen LogP contribution in [0.5, 0.6) is 5.75 Å². The number of benzene rings is 2. The van der Waals surface area contributed by atoms with E-state index in [0.29, 0.717) is 24.5 Å². The number of carbonyl (C=O) groups excluding carboxylic acids is 2. The molecule has 3 rings (SSSR count). The van der Waals surface area contributed by atoms with Crippen molar-refractivity contribution in [2.24, 2.45) is 0 Å². The topological polar surface area (TPSA) is 70.7 Å². The summed E-state index contributed by atoms with van der Waals surface area (Å²) in [6, 6.07) is 15.3. The minimum atomic E-state index is -0.324. The zero-order valence-electron chi connectivity index (χ0n) is 16.9. The molecule has 6 nitrogen and oxygen atoms in total. The summed E-state index contributed by atoms with van der Waals surface area (Å²) < 4.78 is 5.46. The molecule has 0 unspecified atom stereocenters. The zero-order chi connectivity index (χ0) is 20.5. The van der Waals surface area contributed by atoms with Gasteiger partial charge in [0.25, 0.3) is 5.91 Å². The van der Waals surface area contributed by atoms with E-state index in [1.54, 1.807) is 18.2 Å². The van der Waals surface area contributed by atoms with E-state index < -0.39 is 0 Å². The number of para-hydroxylation sites is 1. The maximum atomic E-state index is 12.3. The molecular formula is C23H29N3O3. The summed E-state index contributed by atoms with van der Waals surface area (Å²) in [6.07, 6.45) is 2.58. The molecule has 1 saturated heterocycles. The predicted molar refractivity (Wildman–Crippen MR) is 113 cm³/mol. The number of carbonyl (C=O) groups is 2. The van der Waals surface area contributed by atoms with Gasteiger partial charge in [0.1, 0.15) is 5.75 Å². The average Bonchev–Trinajstić information content (AvgIpc) is 3.25. The van der Waals surface area contributed by atoms with E-state index in [9.17, 15) is 9.59 Å². The Kier molecular flexibility index (Phi) is 7.64. The van der Waals surface area contributed by atoms with Gasteiger partial charge in [0.2, 0.25) is 5.91 Å². The van der Waals surface area contributed by atoms with Crippen LogP contribution in [0.25, 0.3) is 0 Å². The van der Waals surface area contributed by atoms with Gasteiger partial charge in [-0.2, -0.15) is 0 Å². The number of ether oxygens (including phenoxy) is 1. The summed E-state index contributed by atoms with van der Waals surface area (Å²) in [5.41, 5.74) is 2.76. The monoisotopic (exact) mass is 395 g/mol. The summed E-state index contributed by atoms with van der Waals surface area (Å²) in [6.45, 7) is 6.04. The molecule has 1 aliphatic rings. The van der Waals surface area contributed by atoms with Crippen molar-refractivity contribution in [2.45, 2.75) is 32.9 Å². The van der Waals surface area contributed by atoms with Crippen molar-refractivity contribution in [3.8, 4) is 5.75 Å². The second-order valence-electron chi connectivity index (χ2n) is 7.19. The maximum Gasteiger partial charge on any atom is 0.255 e. The number of rotatable bonds is 9. The first-order valence-electron chi connectivity index (χ1n) is 10.2. The first kappa shape index (κ1) is 20.9. The fraction of sp³-hybridized carbons (Fsp3) is 0.391. The van der Waals surface area contributed by atoms with Crippen LogP contribution in [0, 0.1) is 0 Å². The Hall–Kier alpha value is -2.86. The van der Waals surface area contributed by atoms with Crippen LogP contribution < -0.4 is 15.4 Å². The summed E-state index contributed by atoms with van der Waals surface area (Å²) in [5.74, 6) is -0.0363. The smallest absolute Gasteiger partial charge is 0.255 e. The molecule has 1 heterocycles. The molecule has 2 amide bonds. The maximum absolute atomic E-state index is 12.3. The van der Waals surface area contributed by atoms with E-state index in [-0.39, 0.29) is 18.4 Å². The van der Waals surface area contributed by atoms with Crippen LogP contribution in [0.15, 0.2) is 48.5 Å². The van der Waals surface area contributed by atoms with Crippen LogP contribution in [0.3, 0.4) is 0 Å². The SMILES string of the molecule is CCOc1ccccc1C(=O)NCC(=O)NCc1ccc(CN2CCCC2)cc1. The van der Waals surface area contributed by atoms with Crippen molar-refractivity contribution >= 4 is 11.8 Å². The van der Waals surface area contributed by atoms with Gasteiger partial charge in [-0.25, -0.2) is 0 Å². The highest BCUT2D eigenvalue weighted by molar-refractivity contribution is 5.98. The van der Waals surface area contributed by atoms with Crippen LogP contribution in [0.4, 0.5) is 0 Å². The largest absolute Gasteiger partial charge is 0.493 e. The molecule has 154 valence electrons. The van der Waals surface area contributed by atoms with Gasteiger partial charge in [0, 0.05) is 13.1 Å². The molecule has 0 aromatic heterocycles. The molecular weight excluding hydrogens is 366 g/mol. The van der Waals surface area contributed by atoms with Crippen molar-refractivity contribution in [1.29, 1.82) is 0 Å². The van der Waals surface area contributed by atoms with Gasteiger partial charge in [-0.1, -0.05) is 36.4 Å². The minimum Gasteiger partial charge on any atom is -0.493 e. The summed E-state index contributed by atoms with van der Waals surface area (Å²) in [4.78, 5) is 26.9. The Morgan fingerprint density at radius 3 is 2.38 bits per heavy atom. The van der Waals surface area contributed by atoms with Gasteiger partial charge in [0.05, 0.1) is 18.7 Å². The molecule has 29 heavy (non-hydrogen) atoms. The number of nitrogens with zero attached hydrogens (tertiary/aromatic N) is 1. The van der Waals surface area contributed by atoms with E-state index >= 15 is 0 Å². The molecule has 2 N–H and O–H groups in total. The van der Waals surface area contributed by atoms with Gasteiger partial charge in [0.15, 0.2) is 0 Å². The third-order valence-corrected chi connectivity index (χ3v) is 4.96. The molecule has 0 bridgehead atoms. The molecule has 0 aliphatic carbocycles. The van der Waals surface area contributed by atoms with Crippen molar-refractivity contribution in [1.82, 2.24) is 15.5 Å². The first-order valence-corrected chi connectivity index (χ1v) is 10.2. The van der Waals surface area contributed by atoms with E-state index in [1.165, 1.54) is 31.5 Å². The Balaban J connectivity index is 1.42. The molecule has 0 spiro atoms. The Morgan fingerprint density at radius 2 is 1.66 bits per heavy atom.